The first-order valence-electron chi connectivity index (χ1n) is 9.23. The second kappa shape index (κ2) is 3.59. The summed E-state index contributed by atoms with van der Waals surface area (Å²) in [6.45, 7) is 0. The van der Waals surface area contributed by atoms with E-state index in [2.05, 4.69) is 72.8 Å². The third-order valence-electron chi connectivity index (χ3n) is 6.67. The first-order chi connectivity index (χ1) is 12.9. The van der Waals surface area contributed by atoms with E-state index < -0.39 is 0 Å². The summed E-state index contributed by atoms with van der Waals surface area (Å²) >= 11 is 0. The van der Waals surface area contributed by atoms with Crippen molar-refractivity contribution in [1.29, 1.82) is 0 Å². The Morgan fingerprint density at radius 3 is 0.615 bits per heavy atom. The molecule has 8 aromatic carbocycles. The largest absolute Gasteiger partial charge is 0.0610 e. The number of hydrogen-bond donors (Lipinski definition) is 0. The van der Waals surface area contributed by atoms with E-state index in [4.69, 9.17) is 0 Å². The normalized spacial score (nSPS) is 13.4. The highest BCUT2D eigenvalue weighted by Crippen LogP contribution is 2.54. The molecule has 0 spiro atoms. The quantitative estimate of drug-likeness (QED) is 0.253. The van der Waals surface area contributed by atoms with Crippen LogP contribution in [-0.2, 0) is 0 Å². The molecule has 26 heavy (non-hydrogen) atoms. The molecular weight excluding hydrogens is 312 g/mol. The van der Waals surface area contributed by atoms with Crippen LogP contribution in [-0.4, -0.2) is 0 Å². The molecule has 8 rings (SSSR count). The fourth-order valence-corrected chi connectivity index (χ4v) is 5.83. The fourth-order valence-electron chi connectivity index (χ4n) is 5.83. The maximum absolute atomic E-state index is 2.31. The Bertz CT molecular complexity index is 1510. The average Bonchev–Trinajstić information content (AvgIpc) is 3.21. The van der Waals surface area contributed by atoms with Crippen molar-refractivity contribution in [2.24, 2.45) is 0 Å². The third-order valence-corrected chi connectivity index (χ3v) is 6.67. The van der Waals surface area contributed by atoms with Crippen molar-refractivity contribution in [1.82, 2.24) is 0 Å². The van der Waals surface area contributed by atoms with Gasteiger partial charge in [0.1, 0.15) is 0 Å². The SMILES string of the molecule is c1cc2c3cccc4c5cccc6c7cccc8c(c1)c2c(c34)c(c78)c65. The number of benzene rings is 6. The van der Waals surface area contributed by atoms with E-state index in [1.54, 1.807) is 0 Å². The molecule has 0 saturated heterocycles. The summed E-state index contributed by atoms with van der Waals surface area (Å²) in [5, 5.41) is 20.0. The molecular formula is C26H12. The zero-order chi connectivity index (χ0) is 16.6. The Kier molecular flexibility index (Phi) is 1.66. The van der Waals surface area contributed by atoms with E-state index in [-0.39, 0.29) is 0 Å². The Morgan fingerprint density at radius 1 is 0.231 bits per heavy atom. The van der Waals surface area contributed by atoms with Crippen molar-refractivity contribution in [3.8, 4) is 0 Å². The van der Waals surface area contributed by atoms with Crippen LogP contribution in [0.4, 0.5) is 0 Å². The molecule has 0 saturated carbocycles. The van der Waals surface area contributed by atoms with Crippen LogP contribution in [0.25, 0.3) is 75.4 Å². The third kappa shape index (κ3) is 1.01. The van der Waals surface area contributed by atoms with Gasteiger partial charge in [0.15, 0.2) is 0 Å². The first kappa shape index (κ1) is 12.1. The molecule has 0 amide bonds. The average molecular weight is 324 g/mol. The summed E-state index contributed by atoms with van der Waals surface area (Å²) in [5.74, 6) is 0. The van der Waals surface area contributed by atoms with Gasteiger partial charge in [0, 0.05) is 0 Å². The van der Waals surface area contributed by atoms with Crippen LogP contribution in [0, 0.1) is 0 Å². The highest BCUT2D eigenvalue weighted by Gasteiger charge is 2.25. The predicted octanol–water partition coefficient (Wildman–Crippen LogP) is 7.51. The predicted molar refractivity (Wildman–Crippen MR) is 114 cm³/mol. The van der Waals surface area contributed by atoms with Gasteiger partial charge in [0.25, 0.3) is 0 Å². The van der Waals surface area contributed by atoms with Crippen molar-refractivity contribution < 1.29 is 0 Å². The van der Waals surface area contributed by atoms with E-state index in [0.29, 0.717) is 0 Å². The second-order valence-corrected chi connectivity index (χ2v) is 7.66. The molecule has 116 valence electrons. The number of fused-ring (bicyclic) bond motifs is 4. The molecule has 0 aliphatic rings. The Balaban J connectivity index is 2.04. The van der Waals surface area contributed by atoms with Gasteiger partial charge >= 0.3 is 0 Å². The Labute approximate surface area is 148 Å². The summed E-state index contributed by atoms with van der Waals surface area (Å²) in [5.41, 5.74) is 0. The summed E-state index contributed by atoms with van der Waals surface area (Å²) in [7, 11) is 0. The molecule has 0 aromatic heterocycles. The van der Waals surface area contributed by atoms with E-state index in [1.807, 2.05) is 0 Å². The van der Waals surface area contributed by atoms with E-state index >= 15 is 0 Å². The zero-order valence-corrected chi connectivity index (χ0v) is 13.9. The van der Waals surface area contributed by atoms with Gasteiger partial charge in [-0.3, -0.25) is 0 Å². The molecule has 0 aliphatic carbocycles. The molecule has 8 aromatic rings. The van der Waals surface area contributed by atoms with Crippen LogP contribution >= 0.6 is 0 Å². The van der Waals surface area contributed by atoms with Crippen LogP contribution in [0.15, 0.2) is 72.8 Å². The molecule has 0 atom stereocenters. The monoisotopic (exact) mass is 324 g/mol. The minimum absolute atomic E-state index is 1.40. The summed E-state index contributed by atoms with van der Waals surface area (Å²) < 4.78 is 0. The first-order valence-corrected chi connectivity index (χ1v) is 9.23. The highest BCUT2D eigenvalue weighted by atomic mass is 14.3. The Morgan fingerprint density at radius 2 is 0.423 bits per heavy atom. The van der Waals surface area contributed by atoms with Crippen LogP contribution in [0.5, 0.6) is 0 Å². The molecule has 0 N–H and O–H groups in total. The summed E-state index contributed by atoms with van der Waals surface area (Å²) in [4.78, 5) is 0. The van der Waals surface area contributed by atoms with Gasteiger partial charge < -0.3 is 0 Å². The molecule has 0 radical (unpaired) electrons. The zero-order valence-electron chi connectivity index (χ0n) is 13.9. The van der Waals surface area contributed by atoms with Crippen LogP contribution < -0.4 is 0 Å². The van der Waals surface area contributed by atoms with Crippen molar-refractivity contribution in [3.05, 3.63) is 72.8 Å². The maximum atomic E-state index is 2.31. The molecule has 0 bridgehead atoms. The Hall–Kier alpha value is -3.38. The molecule has 0 heteroatoms. The molecule has 0 unspecified atom stereocenters. The van der Waals surface area contributed by atoms with E-state index in [0.717, 1.165) is 0 Å². The van der Waals surface area contributed by atoms with Gasteiger partial charge in [-0.25, -0.2) is 0 Å². The lowest BCUT2D eigenvalue weighted by molar-refractivity contribution is 1.86. The number of rotatable bonds is 0. The van der Waals surface area contributed by atoms with Crippen molar-refractivity contribution >= 4 is 75.4 Å². The topological polar surface area (TPSA) is 0 Å². The smallest absolute Gasteiger partial charge is 0.0000937 e. The van der Waals surface area contributed by atoms with Gasteiger partial charge in [0.05, 0.1) is 0 Å². The lowest BCUT2D eigenvalue weighted by Crippen LogP contribution is -1.82. The van der Waals surface area contributed by atoms with Gasteiger partial charge in [-0.1, -0.05) is 72.8 Å². The molecule has 0 aliphatic heterocycles. The molecule has 0 fully saturated rings. The van der Waals surface area contributed by atoms with E-state index in [9.17, 15) is 0 Å². The lowest BCUT2D eigenvalue weighted by Gasteiger charge is -2.10. The standard InChI is InChI=1S/C26H12/c1-5-13-14-6-2-11-19-20-12-4-8-16-15-7-3-10-18-17(9-1)21(13)25(22(14)19)26(23(15)18)24(16)20/h1-12H. The minimum Gasteiger partial charge on any atom is -0.0610 e. The number of hydrogen-bond acceptors (Lipinski definition) is 0. The van der Waals surface area contributed by atoms with Crippen molar-refractivity contribution in [3.63, 3.8) is 0 Å². The maximum Gasteiger partial charge on any atom is -0.0000937 e. The van der Waals surface area contributed by atoms with Crippen molar-refractivity contribution in [2.45, 2.75) is 0 Å². The summed E-state index contributed by atoms with van der Waals surface area (Å²) in [6.07, 6.45) is 0. The highest BCUT2D eigenvalue weighted by molar-refractivity contribution is 6.54. The van der Waals surface area contributed by atoms with Gasteiger partial charge in [-0.2, -0.15) is 0 Å². The van der Waals surface area contributed by atoms with Crippen LogP contribution in [0.1, 0.15) is 0 Å². The van der Waals surface area contributed by atoms with Crippen molar-refractivity contribution in [2.75, 3.05) is 0 Å². The summed E-state index contributed by atoms with van der Waals surface area (Å²) in [6, 6.07) is 27.3. The minimum atomic E-state index is 1.40. The van der Waals surface area contributed by atoms with Gasteiger partial charge in [-0.05, 0) is 75.4 Å². The van der Waals surface area contributed by atoms with Gasteiger partial charge in [0.2, 0.25) is 0 Å². The lowest BCUT2D eigenvalue weighted by atomic mass is 9.92. The second-order valence-electron chi connectivity index (χ2n) is 7.66. The fraction of sp³-hybridized carbons (Fsp3) is 0. The van der Waals surface area contributed by atoms with Crippen LogP contribution in [0.3, 0.4) is 0 Å². The van der Waals surface area contributed by atoms with Gasteiger partial charge in [-0.15, -0.1) is 0 Å². The van der Waals surface area contributed by atoms with E-state index in [1.165, 1.54) is 75.4 Å². The molecule has 0 heterocycles. The molecule has 0 nitrogen and oxygen atoms in total. The van der Waals surface area contributed by atoms with Crippen LogP contribution in [0.2, 0.25) is 0 Å².